The highest BCUT2D eigenvalue weighted by Crippen LogP contribution is 2.51. The zero-order valence-corrected chi connectivity index (χ0v) is 15.7. The number of methoxy groups -OCH3 is 1. The van der Waals surface area contributed by atoms with E-state index >= 15 is 0 Å². The first kappa shape index (κ1) is 17.1. The van der Waals surface area contributed by atoms with Crippen LogP contribution in [0.4, 0.5) is 0 Å². The van der Waals surface area contributed by atoms with Crippen molar-refractivity contribution in [2.24, 2.45) is 0 Å². The molecule has 1 unspecified atom stereocenters. The van der Waals surface area contributed by atoms with Crippen molar-refractivity contribution in [3.63, 3.8) is 0 Å². The SMILES string of the molecule is CCCN1CCc2cccc3c2C1Cc1ccc(OC)c(OC(C)=O)c1-3. The average molecular weight is 351 g/mol. The smallest absolute Gasteiger partial charge is 0.308 e. The van der Waals surface area contributed by atoms with Gasteiger partial charge in [0, 0.05) is 25.1 Å². The molecule has 0 radical (unpaired) electrons. The number of esters is 1. The van der Waals surface area contributed by atoms with Crippen LogP contribution in [-0.4, -0.2) is 31.1 Å². The van der Waals surface area contributed by atoms with E-state index < -0.39 is 0 Å². The standard InChI is InChI=1S/C22H25NO3/c1-4-11-23-12-10-15-6-5-7-17-20(15)18(23)13-16-8-9-19(25-3)22(21(16)17)26-14(2)24/h5-9,18H,4,10-13H2,1-3H3. The molecular weight excluding hydrogens is 326 g/mol. The lowest BCUT2D eigenvalue weighted by Gasteiger charge is -2.42. The third kappa shape index (κ3) is 2.69. The predicted octanol–water partition coefficient (Wildman–Crippen LogP) is 4.15. The van der Waals surface area contributed by atoms with Crippen LogP contribution in [0, 0.1) is 0 Å². The molecule has 1 atom stereocenters. The van der Waals surface area contributed by atoms with Gasteiger partial charge in [0.15, 0.2) is 11.5 Å². The second kappa shape index (κ2) is 6.76. The van der Waals surface area contributed by atoms with E-state index in [9.17, 15) is 4.79 Å². The van der Waals surface area contributed by atoms with Gasteiger partial charge in [-0.3, -0.25) is 9.69 Å². The van der Waals surface area contributed by atoms with Crippen LogP contribution in [0.2, 0.25) is 0 Å². The molecule has 2 aromatic rings. The molecule has 4 nitrogen and oxygen atoms in total. The van der Waals surface area contributed by atoms with Gasteiger partial charge in [0.2, 0.25) is 0 Å². The van der Waals surface area contributed by atoms with Gasteiger partial charge in [-0.1, -0.05) is 31.2 Å². The number of carbonyl (C=O) groups excluding carboxylic acids is 1. The fraction of sp³-hybridized carbons (Fsp3) is 0.409. The molecular formula is C22H25NO3. The summed E-state index contributed by atoms with van der Waals surface area (Å²) >= 11 is 0. The molecule has 1 aliphatic carbocycles. The van der Waals surface area contributed by atoms with Crippen LogP contribution in [0.3, 0.4) is 0 Å². The summed E-state index contributed by atoms with van der Waals surface area (Å²) in [5, 5.41) is 0. The van der Waals surface area contributed by atoms with Gasteiger partial charge in [-0.05, 0) is 54.1 Å². The number of nitrogens with zero attached hydrogens (tertiary/aromatic N) is 1. The Balaban J connectivity index is 1.93. The maximum Gasteiger partial charge on any atom is 0.308 e. The summed E-state index contributed by atoms with van der Waals surface area (Å²) in [6.45, 7) is 5.90. The van der Waals surface area contributed by atoms with Crippen LogP contribution in [0.1, 0.15) is 43.0 Å². The van der Waals surface area contributed by atoms with Crippen LogP contribution in [0.5, 0.6) is 11.5 Å². The summed E-state index contributed by atoms with van der Waals surface area (Å²) < 4.78 is 11.1. The summed E-state index contributed by atoms with van der Waals surface area (Å²) in [6, 6.07) is 11.0. The van der Waals surface area contributed by atoms with Crippen molar-refractivity contribution < 1.29 is 14.3 Å². The zero-order chi connectivity index (χ0) is 18.3. The van der Waals surface area contributed by atoms with Crippen LogP contribution < -0.4 is 9.47 Å². The van der Waals surface area contributed by atoms with Gasteiger partial charge in [0.05, 0.1) is 7.11 Å². The average Bonchev–Trinajstić information content (AvgIpc) is 2.63. The molecule has 0 bridgehead atoms. The molecule has 0 saturated heterocycles. The second-order valence-corrected chi connectivity index (χ2v) is 7.11. The molecule has 0 N–H and O–H groups in total. The minimum Gasteiger partial charge on any atom is -0.493 e. The molecule has 4 heteroatoms. The molecule has 4 rings (SSSR count). The highest BCUT2D eigenvalue weighted by atomic mass is 16.6. The van der Waals surface area contributed by atoms with Gasteiger partial charge in [0.25, 0.3) is 0 Å². The molecule has 1 heterocycles. The molecule has 0 saturated carbocycles. The third-order valence-corrected chi connectivity index (χ3v) is 5.51. The van der Waals surface area contributed by atoms with Gasteiger partial charge >= 0.3 is 5.97 Å². The van der Waals surface area contributed by atoms with E-state index in [1.165, 1.54) is 29.2 Å². The number of ether oxygens (including phenoxy) is 2. The maximum absolute atomic E-state index is 11.7. The third-order valence-electron chi connectivity index (χ3n) is 5.51. The number of carbonyl (C=O) groups is 1. The van der Waals surface area contributed by atoms with Crippen molar-refractivity contribution in [3.8, 4) is 22.6 Å². The van der Waals surface area contributed by atoms with Crippen LogP contribution >= 0.6 is 0 Å². The Bertz CT molecular complexity index is 859. The summed E-state index contributed by atoms with van der Waals surface area (Å²) in [4.78, 5) is 14.3. The minimum atomic E-state index is -0.323. The number of fused-ring (bicyclic) bond motifs is 2. The second-order valence-electron chi connectivity index (χ2n) is 7.11. The fourth-order valence-electron chi connectivity index (χ4n) is 4.51. The Kier molecular flexibility index (Phi) is 4.45. The minimum absolute atomic E-state index is 0.323. The van der Waals surface area contributed by atoms with E-state index in [0.717, 1.165) is 37.9 Å². The van der Waals surface area contributed by atoms with Crippen molar-refractivity contribution in [1.82, 2.24) is 4.90 Å². The van der Waals surface area contributed by atoms with Crippen molar-refractivity contribution in [1.29, 1.82) is 0 Å². The van der Waals surface area contributed by atoms with Gasteiger partial charge in [-0.25, -0.2) is 0 Å². The number of hydrogen-bond donors (Lipinski definition) is 0. The first-order chi connectivity index (χ1) is 12.6. The number of rotatable bonds is 4. The summed E-state index contributed by atoms with van der Waals surface area (Å²) in [5.41, 5.74) is 6.25. The lowest BCUT2D eigenvalue weighted by molar-refractivity contribution is -0.131. The molecule has 0 aromatic heterocycles. The van der Waals surface area contributed by atoms with Gasteiger partial charge in [0.1, 0.15) is 0 Å². The van der Waals surface area contributed by atoms with Gasteiger partial charge < -0.3 is 9.47 Å². The van der Waals surface area contributed by atoms with E-state index in [4.69, 9.17) is 9.47 Å². The summed E-state index contributed by atoms with van der Waals surface area (Å²) in [7, 11) is 1.61. The van der Waals surface area contributed by atoms with Crippen molar-refractivity contribution in [2.45, 2.75) is 39.2 Å². The van der Waals surface area contributed by atoms with E-state index in [1.54, 1.807) is 7.11 Å². The van der Waals surface area contributed by atoms with Crippen LogP contribution in [0.25, 0.3) is 11.1 Å². The van der Waals surface area contributed by atoms with Crippen LogP contribution in [0.15, 0.2) is 30.3 Å². The summed E-state index contributed by atoms with van der Waals surface area (Å²) in [5.74, 6) is 0.837. The van der Waals surface area contributed by atoms with Crippen LogP contribution in [-0.2, 0) is 17.6 Å². The van der Waals surface area contributed by atoms with E-state index in [1.807, 2.05) is 6.07 Å². The Morgan fingerprint density at radius 3 is 2.81 bits per heavy atom. The Labute approximate surface area is 154 Å². The van der Waals surface area contributed by atoms with Gasteiger partial charge in [-0.2, -0.15) is 0 Å². The summed E-state index contributed by atoms with van der Waals surface area (Å²) in [6.07, 6.45) is 3.17. The quantitative estimate of drug-likeness (QED) is 0.613. The van der Waals surface area contributed by atoms with Crippen molar-refractivity contribution in [2.75, 3.05) is 20.2 Å². The molecule has 2 aromatic carbocycles. The topological polar surface area (TPSA) is 38.8 Å². The Morgan fingerprint density at radius 2 is 2.08 bits per heavy atom. The van der Waals surface area contributed by atoms with Crippen molar-refractivity contribution >= 4 is 5.97 Å². The Morgan fingerprint density at radius 1 is 1.23 bits per heavy atom. The zero-order valence-electron chi connectivity index (χ0n) is 15.7. The molecule has 0 spiro atoms. The number of hydrogen-bond acceptors (Lipinski definition) is 4. The largest absolute Gasteiger partial charge is 0.493 e. The molecule has 1 aliphatic heterocycles. The highest BCUT2D eigenvalue weighted by Gasteiger charge is 2.36. The van der Waals surface area contributed by atoms with Gasteiger partial charge in [-0.15, -0.1) is 0 Å². The normalized spacial score (nSPS) is 18.0. The lowest BCUT2D eigenvalue weighted by Crippen LogP contribution is -2.38. The Hall–Kier alpha value is -2.33. The lowest BCUT2D eigenvalue weighted by atomic mass is 9.76. The van der Waals surface area contributed by atoms with E-state index in [0.29, 0.717) is 17.5 Å². The number of benzene rings is 2. The van der Waals surface area contributed by atoms with E-state index in [2.05, 4.69) is 36.1 Å². The monoisotopic (exact) mass is 351 g/mol. The first-order valence-electron chi connectivity index (χ1n) is 9.38. The molecule has 2 aliphatic rings. The fourth-order valence-corrected chi connectivity index (χ4v) is 4.51. The predicted molar refractivity (Wildman–Crippen MR) is 102 cm³/mol. The molecule has 136 valence electrons. The molecule has 26 heavy (non-hydrogen) atoms. The van der Waals surface area contributed by atoms with Crippen molar-refractivity contribution in [3.05, 3.63) is 47.0 Å². The highest BCUT2D eigenvalue weighted by molar-refractivity contribution is 5.85. The molecule has 0 amide bonds. The molecule has 0 fully saturated rings. The first-order valence-corrected chi connectivity index (χ1v) is 9.38. The van der Waals surface area contributed by atoms with E-state index in [-0.39, 0.29) is 5.97 Å². The maximum atomic E-state index is 11.7.